The minimum atomic E-state index is -4.21. The summed E-state index contributed by atoms with van der Waals surface area (Å²) in [6.45, 7) is 13.0. The van der Waals surface area contributed by atoms with Crippen molar-refractivity contribution in [1.29, 1.82) is 0 Å². The van der Waals surface area contributed by atoms with Crippen LogP contribution in [0.3, 0.4) is 0 Å². The van der Waals surface area contributed by atoms with Crippen LogP contribution in [-0.4, -0.2) is 72.7 Å². The van der Waals surface area contributed by atoms with E-state index in [-0.39, 0.29) is 43.4 Å². The second-order valence-corrected chi connectivity index (χ2v) is 22.9. The van der Waals surface area contributed by atoms with Crippen molar-refractivity contribution >= 4 is 54.6 Å². The molecule has 0 bridgehead atoms. The Labute approximate surface area is 395 Å². The fourth-order valence-electron chi connectivity index (χ4n) is 8.59. The number of aryl methyl sites for hydroxylation is 1. The Hall–Kier alpha value is -4.91. The Kier molecular flexibility index (Phi) is 13.4. The van der Waals surface area contributed by atoms with Crippen molar-refractivity contribution < 1.29 is 26.0 Å². The molecule has 6 aromatic rings. The summed E-state index contributed by atoms with van der Waals surface area (Å²) >= 11 is 12.8. The second-order valence-electron chi connectivity index (χ2n) is 18.7. The first-order valence-electron chi connectivity index (χ1n) is 21.9. The van der Waals surface area contributed by atoms with E-state index in [0.717, 1.165) is 48.8 Å². The smallest absolute Gasteiger partial charge is 0.261 e. The average molecular weight is 979 g/mol. The van der Waals surface area contributed by atoms with Crippen molar-refractivity contribution in [3.05, 3.63) is 118 Å². The number of anilines is 2. The van der Waals surface area contributed by atoms with E-state index in [2.05, 4.69) is 69.2 Å². The van der Waals surface area contributed by atoms with Gasteiger partial charge in [0.1, 0.15) is 17.5 Å². The highest BCUT2D eigenvalue weighted by Gasteiger charge is 2.31. The zero-order valence-corrected chi connectivity index (χ0v) is 40.8. The molecule has 2 saturated heterocycles. The Morgan fingerprint density at radius 2 is 1.42 bits per heavy atom. The number of rotatable bonds is 14. The maximum atomic E-state index is 14.9. The Bertz CT molecular complexity index is 2960. The highest BCUT2D eigenvalue weighted by molar-refractivity contribution is 7.93. The van der Waals surface area contributed by atoms with Crippen molar-refractivity contribution in [3.63, 3.8) is 0 Å². The standard InChI is InChI=1S/C47H54Cl2FN9O5S2/c1-46(2,3)30-9-14-34(15-10-30)65(60,61)56-40-18-13-32(48)24-36(40)45-55-52-42(59(45)33-8-7-22-51-27-33)19-21-47(4,5)31-11-16-35(17-12-31)66(62,63)57-41-26-39(50)38(49)25-37(41)44-54-53-43(58(44)6)29-20-23-64-28-29/h9-18,24-26,29,33,51,56-57H,7-8,19-23,27-28H2,1-6H3/t29?,33-/m0/s1. The highest BCUT2D eigenvalue weighted by Crippen LogP contribution is 2.38. The molecule has 1 unspecified atom stereocenters. The lowest BCUT2D eigenvalue weighted by molar-refractivity contribution is 0.193. The molecule has 4 aromatic carbocycles. The molecule has 3 N–H and O–H groups in total. The van der Waals surface area contributed by atoms with Crippen molar-refractivity contribution in [2.24, 2.45) is 7.05 Å². The number of nitrogens with one attached hydrogen (secondary N) is 3. The highest BCUT2D eigenvalue weighted by atomic mass is 35.5. The van der Waals surface area contributed by atoms with Gasteiger partial charge in [-0.15, -0.1) is 20.4 Å². The maximum absolute atomic E-state index is 14.9. The van der Waals surface area contributed by atoms with Gasteiger partial charge in [0.05, 0.1) is 32.8 Å². The first kappa shape index (κ1) is 47.6. The molecule has 0 amide bonds. The van der Waals surface area contributed by atoms with Crippen LogP contribution in [-0.2, 0) is 49.1 Å². The average Bonchev–Trinajstić information content (AvgIpc) is 4.05. The summed E-state index contributed by atoms with van der Waals surface area (Å²) in [4.78, 5) is 0.113. The number of piperidine rings is 1. The van der Waals surface area contributed by atoms with Gasteiger partial charge in [0.25, 0.3) is 20.0 Å². The molecule has 4 heterocycles. The summed E-state index contributed by atoms with van der Waals surface area (Å²) in [5.74, 6) is 1.46. The molecule has 2 aliphatic rings. The molecule has 19 heteroatoms. The first-order valence-corrected chi connectivity index (χ1v) is 25.6. The second kappa shape index (κ2) is 18.6. The number of nitrogens with zero attached hydrogens (tertiary/aromatic N) is 6. The third kappa shape index (κ3) is 10.0. The molecule has 8 rings (SSSR count). The molecule has 66 heavy (non-hydrogen) atoms. The zero-order valence-electron chi connectivity index (χ0n) is 37.7. The van der Waals surface area contributed by atoms with Crippen molar-refractivity contribution in [3.8, 4) is 22.8 Å². The maximum Gasteiger partial charge on any atom is 0.261 e. The Morgan fingerprint density at radius 1 is 0.788 bits per heavy atom. The van der Waals surface area contributed by atoms with E-state index in [4.69, 9.17) is 33.0 Å². The minimum Gasteiger partial charge on any atom is -0.381 e. The van der Waals surface area contributed by atoms with E-state index in [9.17, 15) is 21.2 Å². The summed E-state index contributed by atoms with van der Waals surface area (Å²) in [7, 11) is -6.44. The lowest BCUT2D eigenvalue weighted by Gasteiger charge is -2.29. The number of sulfonamides is 2. The van der Waals surface area contributed by atoms with E-state index < -0.39 is 31.3 Å². The Balaban J connectivity index is 1.03. The summed E-state index contributed by atoms with van der Waals surface area (Å²) in [6.07, 6.45) is 3.68. The van der Waals surface area contributed by atoms with E-state index in [1.54, 1.807) is 54.1 Å². The number of hydrogen-bond donors (Lipinski definition) is 3. The molecular weight excluding hydrogens is 925 g/mol. The van der Waals surface area contributed by atoms with Crippen LogP contribution in [0.2, 0.25) is 10.0 Å². The molecule has 2 aliphatic heterocycles. The summed E-state index contributed by atoms with van der Waals surface area (Å²) < 4.78 is 85.1. The monoisotopic (exact) mass is 977 g/mol. The van der Waals surface area contributed by atoms with Gasteiger partial charge in [0.2, 0.25) is 0 Å². The molecule has 0 radical (unpaired) electrons. The molecule has 2 aromatic heterocycles. The minimum absolute atomic E-state index is 0.0144. The molecule has 2 atom stereocenters. The number of halogens is 3. The van der Waals surface area contributed by atoms with Crippen LogP contribution in [0.5, 0.6) is 0 Å². The van der Waals surface area contributed by atoms with Crippen LogP contribution in [0.15, 0.2) is 88.7 Å². The van der Waals surface area contributed by atoms with Gasteiger partial charge in [-0.2, -0.15) is 0 Å². The molecule has 0 saturated carbocycles. The van der Waals surface area contributed by atoms with E-state index in [1.165, 1.54) is 18.2 Å². The van der Waals surface area contributed by atoms with Crippen LogP contribution in [0.4, 0.5) is 15.8 Å². The van der Waals surface area contributed by atoms with Crippen molar-refractivity contribution in [2.75, 3.05) is 35.7 Å². The van der Waals surface area contributed by atoms with Gasteiger partial charge >= 0.3 is 0 Å². The van der Waals surface area contributed by atoms with Crippen LogP contribution in [0.25, 0.3) is 22.8 Å². The normalized spacial score (nSPS) is 17.3. The van der Waals surface area contributed by atoms with E-state index in [1.807, 2.05) is 12.1 Å². The predicted molar refractivity (Wildman–Crippen MR) is 256 cm³/mol. The molecule has 2 fully saturated rings. The van der Waals surface area contributed by atoms with Crippen LogP contribution >= 0.6 is 23.2 Å². The van der Waals surface area contributed by atoms with Gasteiger partial charge in [0.15, 0.2) is 11.6 Å². The van der Waals surface area contributed by atoms with Crippen LogP contribution < -0.4 is 14.8 Å². The molecular formula is C47H54Cl2FN9O5S2. The molecule has 350 valence electrons. The van der Waals surface area contributed by atoms with Gasteiger partial charge in [-0.3, -0.25) is 9.44 Å². The number of hydrogen-bond acceptors (Lipinski definition) is 10. The number of ether oxygens (including phenoxy) is 1. The fourth-order valence-corrected chi connectivity index (χ4v) is 11.1. The third-order valence-electron chi connectivity index (χ3n) is 12.6. The molecule has 0 spiro atoms. The van der Waals surface area contributed by atoms with Gasteiger partial charge in [-0.25, -0.2) is 21.2 Å². The Morgan fingerprint density at radius 3 is 2.05 bits per heavy atom. The predicted octanol–water partition coefficient (Wildman–Crippen LogP) is 9.42. The molecule has 14 nitrogen and oxygen atoms in total. The topological polar surface area (TPSA) is 175 Å². The third-order valence-corrected chi connectivity index (χ3v) is 15.9. The lowest BCUT2D eigenvalue weighted by atomic mass is 9.80. The van der Waals surface area contributed by atoms with Crippen molar-refractivity contribution in [1.82, 2.24) is 34.8 Å². The largest absolute Gasteiger partial charge is 0.381 e. The zero-order chi connectivity index (χ0) is 47.2. The van der Waals surface area contributed by atoms with E-state index in [0.29, 0.717) is 66.3 Å². The summed E-state index contributed by atoms with van der Waals surface area (Å²) in [5.41, 5.74) is 2.37. The van der Waals surface area contributed by atoms with Gasteiger partial charge in [-0.05, 0) is 103 Å². The number of aromatic nitrogens is 6. The SMILES string of the molecule is Cn1c(-c2cc(Cl)c(F)cc2NS(=O)(=O)c2ccc(C(C)(C)CCc3nnc(-c4cc(Cl)ccc4NS(=O)(=O)c4ccc(C(C)(C)C)cc4)n3[C@H]3CCCNC3)cc2)nnc1C1CCOC1. The quantitative estimate of drug-likeness (QED) is 0.0954. The van der Waals surface area contributed by atoms with E-state index >= 15 is 0 Å². The van der Waals surface area contributed by atoms with Crippen LogP contribution in [0, 0.1) is 5.82 Å². The van der Waals surface area contributed by atoms with Crippen LogP contribution in [0.1, 0.15) is 95.0 Å². The van der Waals surface area contributed by atoms with Gasteiger partial charge in [-0.1, -0.05) is 82.1 Å². The number of benzene rings is 4. The first-order chi connectivity index (χ1) is 31.2. The van der Waals surface area contributed by atoms with Gasteiger partial charge < -0.3 is 19.2 Å². The van der Waals surface area contributed by atoms with Gasteiger partial charge in [0, 0.05) is 60.8 Å². The fraction of sp³-hybridized carbons (Fsp3) is 0.404. The molecule has 0 aliphatic carbocycles. The summed E-state index contributed by atoms with van der Waals surface area (Å²) in [5, 5.41) is 21.8. The van der Waals surface area contributed by atoms with Crippen molar-refractivity contribution in [2.45, 2.75) is 99.3 Å². The summed E-state index contributed by atoms with van der Waals surface area (Å²) in [6, 6.07) is 20.9. The lowest BCUT2D eigenvalue weighted by Crippen LogP contribution is -2.33.